The molecule has 3 nitrogen and oxygen atoms in total. The molecule has 1 heterocycles. The molecule has 4 N–H and O–H groups in total. The van der Waals surface area contributed by atoms with Crippen LogP contribution in [0.3, 0.4) is 0 Å². The van der Waals surface area contributed by atoms with E-state index in [4.69, 9.17) is 11.5 Å². The van der Waals surface area contributed by atoms with Gasteiger partial charge < -0.3 is 11.5 Å². The van der Waals surface area contributed by atoms with Gasteiger partial charge in [0.05, 0.1) is 0 Å². The summed E-state index contributed by atoms with van der Waals surface area (Å²) in [6, 6.07) is 11.8. The van der Waals surface area contributed by atoms with Crippen molar-refractivity contribution >= 4 is 17.2 Å². The molecule has 2 aromatic rings. The first-order valence-corrected chi connectivity index (χ1v) is 6.22. The van der Waals surface area contributed by atoms with Gasteiger partial charge in [-0.1, -0.05) is 30.3 Å². The fraction of sp³-hybridized carbons (Fsp3) is 0.154. The van der Waals surface area contributed by atoms with Crippen molar-refractivity contribution in [2.45, 2.75) is 12.5 Å². The lowest BCUT2D eigenvalue weighted by atomic mass is 10.1. The third kappa shape index (κ3) is 2.93. The minimum atomic E-state index is -0.368. The van der Waals surface area contributed by atoms with Gasteiger partial charge >= 0.3 is 0 Å². The average Bonchev–Trinajstić information content (AvgIpc) is 2.78. The van der Waals surface area contributed by atoms with E-state index in [1.807, 2.05) is 41.8 Å². The maximum Gasteiger partial charge on any atom is 0.219 e. The van der Waals surface area contributed by atoms with Crippen LogP contribution >= 0.6 is 11.3 Å². The van der Waals surface area contributed by atoms with Gasteiger partial charge in [-0.25, -0.2) is 0 Å². The molecule has 88 valence electrons. The van der Waals surface area contributed by atoms with Crippen LogP contribution in [0.4, 0.5) is 0 Å². The number of nitrogens with two attached hydrogens (primary N) is 2. The summed E-state index contributed by atoms with van der Waals surface area (Å²) in [4.78, 5) is 11.8. The van der Waals surface area contributed by atoms with Crippen molar-refractivity contribution in [2.75, 3.05) is 0 Å². The summed E-state index contributed by atoms with van der Waals surface area (Å²) in [6.07, 6.45) is 0.189. The molecule has 1 aromatic carbocycles. The molecule has 1 amide bonds. The van der Waals surface area contributed by atoms with Crippen molar-refractivity contribution in [3.05, 3.63) is 46.7 Å². The van der Waals surface area contributed by atoms with Crippen molar-refractivity contribution in [1.29, 1.82) is 0 Å². The highest BCUT2D eigenvalue weighted by molar-refractivity contribution is 7.10. The van der Waals surface area contributed by atoms with E-state index >= 15 is 0 Å². The Bertz CT molecular complexity index is 507. The highest BCUT2D eigenvalue weighted by Gasteiger charge is 2.12. The minimum Gasteiger partial charge on any atom is -0.370 e. The molecule has 0 bridgehead atoms. The van der Waals surface area contributed by atoms with Crippen LogP contribution in [0.2, 0.25) is 0 Å². The number of hydrogen-bond acceptors (Lipinski definition) is 3. The summed E-state index contributed by atoms with van der Waals surface area (Å²) in [5.74, 6) is -0.368. The van der Waals surface area contributed by atoms with Crippen LogP contribution in [0.25, 0.3) is 11.1 Å². The molecule has 0 spiro atoms. The molecule has 0 saturated heterocycles. The van der Waals surface area contributed by atoms with E-state index in [2.05, 4.69) is 0 Å². The molecule has 2 rings (SSSR count). The summed E-state index contributed by atoms with van der Waals surface area (Å²) in [7, 11) is 0. The molecule has 1 aromatic heterocycles. The van der Waals surface area contributed by atoms with Crippen LogP contribution in [0, 0.1) is 0 Å². The Morgan fingerprint density at radius 3 is 2.59 bits per heavy atom. The quantitative estimate of drug-likeness (QED) is 0.869. The van der Waals surface area contributed by atoms with Crippen molar-refractivity contribution in [1.82, 2.24) is 0 Å². The normalized spacial score (nSPS) is 12.3. The first-order valence-electron chi connectivity index (χ1n) is 5.34. The number of rotatable bonds is 4. The van der Waals surface area contributed by atoms with Gasteiger partial charge in [-0.15, -0.1) is 11.3 Å². The fourth-order valence-electron chi connectivity index (χ4n) is 1.65. The summed E-state index contributed by atoms with van der Waals surface area (Å²) >= 11 is 1.56. The van der Waals surface area contributed by atoms with E-state index < -0.39 is 0 Å². The van der Waals surface area contributed by atoms with E-state index in [-0.39, 0.29) is 18.4 Å². The van der Waals surface area contributed by atoms with Crippen molar-refractivity contribution in [3.63, 3.8) is 0 Å². The molecule has 4 heteroatoms. The van der Waals surface area contributed by atoms with Gasteiger partial charge in [-0.2, -0.15) is 0 Å². The van der Waals surface area contributed by atoms with Gasteiger partial charge in [0.1, 0.15) is 0 Å². The van der Waals surface area contributed by atoms with Crippen LogP contribution in [0.1, 0.15) is 17.3 Å². The predicted octanol–water partition coefficient (Wildman–Crippen LogP) is 2.29. The fourth-order valence-corrected chi connectivity index (χ4v) is 2.57. The molecule has 1 atom stereocenters. The van der Waals surface area contributed by atoms with Gasteiger partial charge in [0.2, 0.25) is 5.91 Å². The second kappa shape index (κ2) is 5.12. The van der Waals surface area contributed by atoms with E-state index in [9.17, 15) is 4.79 Å². The first kappa shape index (κ1) is 11.8. The van der Waals surface area contributed by atoms with E-state index in [0.717, 1.165) is 16.0 Å². The van der Waals surface area contributed by atoms with Gasteiger partial charge in [-0.05, 0) is 22.6 Å². The van der Waals surface area contributed by atoms with Crippen molar-refractivity contribution < 1.29 is 4.79 Å². The van der Waals surface area contributed by atoms with Crippen LogP contribution in [-0.4, -0.2) is 5.91 Å². The van der Waals surface area contributed by atoms with Gasteiger partial charge in [0.15, 0.2) is 0 Å². The third-order valence-corrected chi connectivity index (χ3v) is 3.58. The topological polar surface area (TPSA) is 69.1 Å². The number of thiophene rings is 1. The molecule has 0 aliphatic carbocycles. The molecule has 0 saturated carbocycles. The van der Waals surface area contributed by atoms with E-state index in [0.29, 0.717) is 0 Å². The molecule has 0 aliphatic rings. The lowest BCUT2D eigenvalue weighted by molar-refractivity contribution is -0.118. The zero-order valence-electron chi connectivity index (χ0n) is 9.30. The standard InChI is InChI=1S/C13H14N2OS/c14-11(7-13(15)16)12-6-10(8-17-12)9-4-2-1-3-5-9/h1-6,8,11H,7,14H2,(H2,15,16). The lowest BCUT2D eigenvalue weighted by Crippen LogP contribution is -2.19. The molecule has 0 radical (unpaired) electrons. The van der Waals surface area contributed by atoms with Crippen LogP contribution < -0.4 is 11.5 Å². The Kier molecular flexibility index (Phi) is 3.56. The maximum atomic E-state index is 10.8. The number of primary amides is 1. The zero-order chi connectivity index (χ0) is 12.3. The maximum absolute atomic E-state index is 10.8. The Morgan fingerprint density at radius 1 is 1.24 bits per heavy atom. The summed E-state index contributed by atoms with van der Waals surface area (Å²) in [5.41, 5.74) is 13.3. The number of hydrogen-bond donors (Lipinski definition) is 2. The zero-order valence-corrected chi connectivity index (χ0v) is 10.1. The lowest BCUT2D eigenvalue weighted by Gasteiger charge is -2.05. The highest BCUT2D eigenvalue weighted by Crippen LogP contribution is 2.29. The second-order valence-corrected chi connectivity index (χ2v) is 4.82. The monoisotopic (exact) mass is 246 g/mol. The van der Waals surface area contributed by atoms with Crippen LogP contribution in [-0.2, 0) is 4.79 Å². The van der Waals surface area contributed by atoms with Gasteiger partial charge in [0.25, 0.3) is 0 Å². The van der Waals surface area contributed by atoms with Crippen molar-refractivity contribution in [2.24, 2.45) is 11.5 Å². The number of benzene rings is 1. The summed E-state index contributed by atoms with van der Waals surface area (Å²) in [5, 5.41) is 2.05. The largest absolute Gasteiger partial charge is 0.370 e. The van der Waals surface area contributed by atoms with Gasteiger partial charge in [0, 0.05) is 17.3 Å². The predicted molar refractivity (Wildman–Crippen MR) is 70.5 cm³/mol. The number of amides is 1. The number of carbonyl (C=O) groups excluding carboxylic acids is 1. The Hall–Kier alpha value is -1.65. The Balaban J connectivity index is 2.19. The summed E-state index contributed by atoms with van der Waals surface area (Å²) < 4.78 is 0. The van der Waals surface area contributed by atoms with Crippen molar-refractivity contribution in [3.8, 4) is 11.1 Å². The molecular formula is C13H14N2OS. The van der Waals surface area contributed by atoms with E-state index in [1.165, 1.54) is 0 Å². The highest BCUT2D eigenvalue weighted by atomic mass is 32.1. The summed E-state index contributed by atoms with van der Waals surface area (Å²) in [6.45, 7) is 0. The van der Waals surface area contributed by atoms with Crippen LogP contribution in [0.15, 0.2) is 41.8 Å². The number of carbonyl (C=O) groups is 1. The first-order chi connectivity index (χ1) is 8.16. The Labute approximate surface area is 104 Å². The second-order valence-electron chi connectivity index (χ2n) is 3.88. The van der Waals surface area contributed by atoms with Crippen LogP contribution in [0.5, 0.6) is 0 Å². The molecular weight excluding hydrogens is 232 g/mol. The smallest absolute Gasteiger partial charge is 0.219 e. The Morgan fingerprint density at radius 2 is 1.94 bits per heavy atom. The minimum absolute atomic E-state index is 0.189. The third-order valence-electron chi connectivity index (χ3n) is 2.51. The molecule has 1 unspecified atom stereocenters. The molecule has 17 heavy (non-hydrogen) atoms. The SMILES string of the molecule is NC(=O)CC(N)c1cc(-c2ccccc2)cs1. The molecule has 0 fully saturated rings. The average molecular weight is 246 g/mol. The van der Waals surface area contributed by atoms with E-state index in [1.54, 1.807) is 11.3 Å². The van der Waals surface area contributed by atoms with Gasteiger partial charge in [-0.3, -0.25) is 4.79 Å². The molecule has 0 aliphatic heterocycles.